The van der Waals surface area contributed by atoms with Gasteiger partial charge in [0.2, 0.25) is 5.13 Å². The van der Waals surface area contributed by atoms with Crippen molar-refractivity contribution in [3.8, 4) is 0 Å². The zero-order chi connectivity index (χ0) is 8.97. The second kappa shape index (κ2) is 4.77. The van der Waals surface area contributed by atoms with Crippen molar-refractivity contribution in [3.63, 3.8) is 0 Å². The van der Waals surface area contributed by atoms with Gasteiger partial charge >= 0.3 is 0 Å². The van der Waals surface area contributed by atoms with Crippen molar-refractivity contribution >= 4 is 32.4 Å². The van der Waals surface area contributed by atoms with Crippen LogP contribution in [0.3, 0.4) is 0 Å². The van der Waals surface area contributed by atoms with Crippen molar-refractivity contribution < 1.29 is 0 Å². The predicted octanol–water partition coefficient (Wildman–Crippen LogP) is 2.90. The molecule has 5 heteroatoms. The number of hydrogen-bond acceptors (Lipinski definition) is 4. The van der Waals surface area contributed by atoms with Gasteiger partial charge in [0.15, 0.2) is 3.92 Å². The summed E-state index contributed by atoms with van der Waals surface area (Å²) < 4.78 is 0.830. The number of rotatable bonds is 4. The molecule has 1 aromatic rings. The molecule has 0 bridgehead atoms. The molecule has 0 atom stereocenters. The van der Waals surface area contributed by atoms with Crippen LogP contribution in [0.5, 0.6) is 0 Å². The third-order valence-electron chi connectivity index (χ3n) is 1.71. The van der Waals surface area contributed by atoms with E-state index in [-0.39, 0.29) is 0 Å². The van der Waals surface area contributed by atoms with Crippen molar-refractivity contribution in [2.45, 2.75) is 32.7 Å². The Bertz CT molecular complexity index is 234. The second-order valence-electron chi connectivity index (χ2n) is 2.52. The van der Waals surface area contributed by atoms with Crippen LogP contribution in [0.1, 0.15) is 26.7 Å². The van der Waals surface area contributed by atoms with E-state index in [4.69, 9.17) is 0 Å². The van der Waals surface area contributed by atoms with E-state index in [9.17, 15) is 0 Å². The minimum atomic E-state index is 0.518. The summed E-state index contributed by atoms with van der Waals surface area (Å²) in [6, 6.07) is 0.518. The Labute approximate surface area is 84.7 Å². The molecular formula is C7H12BrN3S. The second-order valence-corrected chi connectivity index (χ2v) is 4.77. The van der Waals surface area contributed by atoms with Gasteiger partial charge < -0.3 is 5.32 Å². The Morgan fingerprint density at radius 1 is 1.42 bits per heavy atom. The number of halogens is 1. The predicted molar refractivity (Wildman–Crippen MR) is 55.6 cm³/mol. The highest BCUT2D eigenvalue weighted by molar-refractivity contribution is 9.11. The maximum Gasteiger partial charge on any atom is 0.206 e. The van der Waals surface area contributed by atoms with E-state index in [0.29, 0.717) is 6.04 Å². The van der Waals surface area contributed by atoms with E-state index >= 15 is 0 Å². The van der Waals surface area contributed by atoms with Gasteiger partial charge in [0.25, 0.3) is 0 Å². The topological polar surface area (TPSA) is 37.8 Å². The lowest BCUT2D eigenvalue weighted by molar-refractivity contribution is 0.669. The Kier molecular flexibility index (Phi) is 3.94. The van der Waals surface area contributed by atoms with Gasteiger partial charge in [0, 0.05) is 6.04 Å². The monoisotopic (exact) mass is 249 g/mol. The van der Waals surface area contributed by atoms with Crippen LogP contribution in [0.2, 0.25) is 0 Å². The first-order valence-electron chi connectivity index (χ1n) is 4.01. The first-order valence-corrected chi connectivity index (χ1v) is 5.62. The highest BCUT2D eigenvalue weighted by atomic mass is 79.9. The Hall–Kier alpha value is -0.160. The minimum absolute atomic E-state index is 0.518. The third kappa shape index (κ3) is 2.71. The summed E-state index contributed by atoms with van der Waals surface area (Å²) in [6.45, 7) is 4.33. The van der Waals surface area contributed by atoms with Crippen LogP contribution in [0, 0.1) is 0 Å². The Morgan fingerprint density at radius 3 is 2.50 bits per heavy atom. The van der Waals surface area contributed by atoms with E-state index in [1.165, 1.54) is 11.3 Å². The van der Waals surface area contributed by atoms with Crippen molar-refractivity contribution in [3.05, 3.63) is 3.92 Å². The maximum absolute atomic E-state index is 3.96. The number of hydrogen-bond donors (Lipinski definition) is 1. The Morgan fingerprint density at radius 2 is 2.08 bits per heavy atom. The van der Waals surface area contributed by atoms with Crippen molar-refractivity contribution in [1.29, 1.82) is 0 Å². The standard InChI is InChI=1S/C7H12BrN3S/c1-3-5(4-2)9-7-11-10-6(8)12-7/h5H,3-4H2,1-2H3,(H,9,11). The van der Waals surface area contributed by atoms with Crippen molar-refractivity contribution in [1.82, 2.24) is 10.2 Å². The molecule has 0 aromatic carbocycles. The first kappa shape index (κ1) is 9.92. The van der Waals surface area contributed by atoms with Crippen LogP contribution >= 0.6 is 27.3 Å². The van der Waals surface area contributed by atoms with Crippen molar-refractivity contribution in [2.75, 3.05) is 5.32 Å². The maximum atomic E-state index is 3.96. The van der Waals surface area contributed by atoms with Crippen molar-refractivity contribution in [2.24, 2.45) is 0 Å². The van der Waals surface area contributed by atoms with E-state index in [1.807, 2.05) is 0 Å². The smallest absolute Gasteiger partial charge is 0.206 e. The molecule has 0 unspecified atom stereocenters. The fraction of sp³-hybridized carbons (Fsp3) is 0.714. The van der Waals surface area contributed by atoms with Gasteiger partial charge in [-0.25, -0.2) is 0 Å². The van der Waals surface area contributed by atoms with Crippen LogP contribution in [0.4, 0.5) is 5.13 Å². The molecule has 1 N–H and O–H groups in total. The molecule has 0 aliphatic rings. The molecule has 0 amide bonds. The van der Waals surface area contributed by atoms with Crippen LogP contribution < -0.4 is 5.32 Å². The Balaban J connectivity index is 2.50. The summed E-state index contributed by atoms with van der Waals surface area (Å²) in [4.78, 5) is 0. The summed E-state index contributed by atoms with van der Waals surface area (Å²) in [5.74, 6) is 0. The summed E-state index contributed by atoms with van der Waals surface area (Å²) in [5.41, 5.74) is 0. The molecule has 0 saturated carbocycles. The molecule has 0 radical (unpaired) electrons. The van der Waals surface area contributed by atoms with Crippen LogP contribution in [0.15, 0.2) is 3.92 Å². The van der Waals surface area contributed by atoms with Gasteiger partial charge in [-0.05, 0) is 28.8 Å². The van der Waals surface area contributed by atoms with Gasteiger partial charge in [-0.3, -0.25) is 0 Å². The highest BCUT2D eigenvalue weighted by Gasteiger charge is 2.06. The lowest BCUT2D eigenvalue weighted by Gasteiger charge is -2.12. The highest BCUT2D eigenvalue weighted by Crippen LogP contribution is 2.21. The fourth-order valence-electron chi connectivity index (χ4n) is 0.931. The molecule has 0 spiro atoms. The van der Waals surface area contributed by atoms with Crippen LogP contribution in [-0.4, -0.2) is 16.2 Å². The SMILES string of the molecule is CCC(CC)Nc1nnc(Br)s1. The summed E-state index contributed by atoms with van der Waals surface area (Å²) in [5, 5.41) is 12.0. The number of nitrogens with zero attached hydrogens (tertiary/aromatic N) is 2. The number of aromatic nitrogens is 2. The van der Waals surface area contributed by atoms with E-state index in [1.54, 1.807) is 0 Å². The molecule has 0 aliphatic carbocycles. The molecular weight excluding hydrogens is 238 g/mol. The fourth-order valence-corrected chi connectivity index (χ4v) is 2.02. The molecule has 68 valence electrons. The average Bonchev–Trinajstić information content (AvgIpc) is 2.47. The van der Waals surface area contributed by atoms with Gasteiger partial charge in [0.05, 0.1) is 0 Å². The van der Waals surface area contributed by atoms with E-state index < -0.39 is 0 Å². The number of anilines is 1. The largest absolute Gasteiger partial charge is 0.357 e. The van der Waals surface area contributed by atoms with Gasteiger partial charge in [0.1, 0.15) is 0 Å². The van der Waals surface area contributed by atoms with E-state index in [0.717, 1.165) is 21.9 Å². The van der Waals surface area contributed by atoms with Crippen LogP contribution in [-0.2, 0) is 0 Å². The lowest BCUT2D eigenvalue weighted by atomic mass is 10.2. The zero-order valence-electron chi connectivity index (χ0n) is 7.17. The molecule has 3 nitrogen and oxygen atoms in total. The summed E-state index contributed by atoms with van der Waals surface area (Å²) in [7, 11) is 0. The molecule has 0 fully saturated rings. The molecule has 12 heavy (non-hydrogen) atoms. The molecule has 1 aromatic heterocycles. The van der Waals surface area contributed by atoms with Crippen LogP contribution in [0.25, 0.3) is 0 Å². The third-order valence-corrected chi connectivity index (χ3v) is 3.00. The molecule has 0 saturated heterocycles. The van der Waals surface area contributed by atoms with Gasteiger partial charge in [-0.1, -0.05) is 25.2 Å². The lowest BCUT2D eigenvalue weighted by Crippen LogP contribution is -2.16. The van der Waals surface area contributed by atoms with Gasteiger partial charge in [-0.2, -0.15) is 0 Å². The first-order chi connectivity index (χ1) is 5.76. The molecule has 1 heterocycles. The molecule has 0 aliphatic heterocycles. The quantitative estimate of drug-likeness (QED) is 0.892. The van der Waals surface area contributed by atoms with E-state index in [2.05, 4.69) is 45.3 Å². The number of nitrogens with one attached hydrogen (secondary N) is 1. The average molecular weight is 250 g/mol. The van der Waals surface area contributed by atoms with Gasteiger partial charge in [-0.15, -0.1) is 10.2 Å². The summed E-state index contributed by atoms with van der Waals surface area (Å²) >= 11 is 4.80. The molecule has 1 rings (SSSR count). The minimum Gasteiger partial charge on any atom is -0.357 e. The zero-order valence-corrected chi connectivity index (χ0v) is 9.57. The summed E-state index contributed by atoms with van der Waals surface area (Å²) in [6.07, 6.45) is 2.24. The normalized spacial score (nSPS) is 10.7.